The number of aliphatic imine (C=N–C) groups is 1. The number of hydrogen-bond donors (Lipinski definition) is 1. The predicted molar refractivity (Wildman–Crippen MR) is 83.6 cm³/mol. The van der Waals surface area contributed by atoms with Gasteiger partial charge < -0.3 is 10.2 Å². The van der Waals surface area contributed by atoms with Crippen LogP contribution >= 0.6 is 11.6 Å². The van der Waals surface area contributed by atoms with Crippen LogP contribution in [0.1, 0.15) is 32.6 Å². The van der Waals surface area contributed by atoms with Gasteiger partial charge in [-0.3, -0.25) is 0 Å². The third kappa shape index (κ3) is 4.23. The minimum absolute atomic E-state index is 0.328. The van der Waals surface area contributed by atoms with Crippen molar-refractivity contribution in [1.82, 2.24) is 4.90 Å². The van der Waals surface area contributed by atoms with Gasteiger partial charge in [0, 0.05) is 30.2 Å². The van der Waals surface area contributed by atoms with Gasteiger partial charge in [0.15, 0.2) is 0 Å². The number of urea groups is 1. The van der Waals surface area contributed by atoms with Crippen molar-refractivity contribution in [3.05, 3.63) is 29.3 Å². The molecule has 1 aromatic rings. The van der Waals surface area contributed by atoms with Crippen LogP contribution in [0.4, 0.5) is 10.5 Å². The first kappa shape index (κ1) is 14.9. The molecule has 1 N–H and O–H groups in total. The Morgan fingerprint density at radius 1 is 1.50 bits per heavy atom. The number of benzene rings is 1. The number of hydrogen-bond acceptors (Lipinski definition) is 1. The Morgan fingerprint density at radius 3 is 3.10 bits per heavy atom. The van der Waals surface area contributed by atoms with Crippen LogP contribution in [0.2, 0.25) is 5.02 Å². The lowest BCUT2D eigenvalue weighted by Gasteiger charge is -2.18. The zero-order chi connectivity index (χ0) is 14.4. The topological polar surface area (TPSA) is 44.7 Å². The number of nitrogens with one attached hydrogen (secondary N) is 1. The number of rotatable bonds is 4. The van der Waals surface area contributed by atoms with Gasteiger partial charge in [-0.15, -0.1) is 0 Å². The number of carbonyl (C=O) groups excluding carboxylic acids is 1. The molecule has 0 spiro atoms. The fourth-order valence-corrected chi connectivity index (χ4v) is 2.46. The second-order valence-corrected chi connectivity index (χ2v) is 5.35. The van der Waals surface area contributed by atoms with Crippen LogP contribution in [0.3, 0.4) is 0 Å². The Labute approximate surface area is 124 Å². The van der Waals surface area contributed by atoms with E-state index in [-0.39, 0.29) is 6.03 Å². The fourth-order valence-electron chi connectivity index (χ4n) is 2.27. The van der Waals surface area contributed by atoms with E-state index in [1.807, 2.05) is 0 Å². The first-order valence-corrected chi connectivity index (χ1v) is 7.46. The maximum atomic E-state index is 11.9. The Hall–Kier alpha value is -1.55. The van der Waals surface area contributed by atoms with Crippen LogP contribution in [0, 0.1) is 0 Å². The molecular formula is C15H20ClN3O. The zero-order valence-electron chi connectivity index (χ0n) is 11.7. The Kier molecular flexibility index (Phi) is 5.41. The molecule has 2 rings (SSSR count). The summed E-state index contributed by atoms with van der Waals surface area (Å²) in [5.74, 6) is 0.901. The number of halogens is 1. The molecule has 1 fully saturated rings. The molecular weight excluding hydrogens is 274 g/mol. The zero-order valence-corrected chi connectivity index (χ0v) is 12.5. The third-order valence-corrected chi connectivity index (χ3v) is 3.52. The van der Waals surface area contributed by atoms with Crippen molar-refractivity contribution in [2.75, 3.05) is 18.4 Å². The fraction of sp³-hybridized carbons (Fsp3) is 0.467. The summed E-state index contributed by atoms with van der Waals surface area (Å²) in [6, 6.07) is 6.75. The average molecular weight is 294 g/mol. The standard InChI is InChI=1S/C15H20ClN3O/c1-2-3-9-19-10-5-8-14(19)18-15(20)17-13-7-4-6-12(16)11-13/h4,6-7,11H,2-3,5,8-10H2,1H3,(H,17,20)/b18-14+. The van der Waals surface area contributed by atoms with Crippen LogP contribution in [0.15, 0.2) is 29.3 Å². The van der Waals surface area contributed by atoms with E-state index in [1.165, 1.54) is 0 Å². The van der Waals surface area contributed by atoms with Gasteiger partial charge in [0.25, 0.3) is 0 Å². The molecule has 0 aromatic heterocycles. The lowest BCUT2D eigenvalue weighted by Crippen LogP contribution is -2.27. The molecule has 0 atom stereocenters. The first-order chi connectivity index (χ1) is 9.69. The molecule has 4 nitrogen and oxygen atoms in total. The molecule has 0 unspecified atom stereocenters. The monoisotopic (exact) mass is 293 g/mol. The minimum atomic E-state index is -0.328. The number of nitrogens with zero attached hydrogens (tertiary/aromatic N) is 2. The SMILES string of the molecule is CCCCN1CCC/C1=N\C(=O)Nc1cccc(Cl)c1. The predicted octanol–water partition coefficient (Wildman–Crippen LogP) is 4.17. The van der Waals surface area contributed by atoms with Crippen LogP contribution in [-0.4, -0.2) is 29.9 Å². The van der Waals surface area contributed by atoms with Crippen LogP contribution in [-0.2, 0) is 0 Å². The van der Waals surface area contributed by atoms with Crippen LogP contribution in [0.25, 0.3) is 0 Å². The van der Waals surface area contributed by atoms with E-state index in [4.69, 9.17) is 11.6 Å². The molecule has 1 heterocycles. The lowest BCUT2D eigenvalue weighted by atomic mass is 10.3. The van der Waals surface area contributed by atoms with Gasteiger partial charge in [0.2, 0.25) is 0 Å². The van der Waals surface area contributed by atoms with Gasteiger partial charge in [-0.05, 0) is 31.0 Å². The molecule has 0 radical (unpaired) electrons. The van der Waals surface area contributed by atoms with Gasteiger partial charge >= 0.3 is 6.03 Å². The molecule has 1 aliphatic heterocycles. The lowest BCUT2D eigenvalue weighted by molar-refractivity contribution is 0.259. The second-order valence-electron chi connectivity index (χ2n) is 4.91. The summed E-state index contributed by atoms with van der Waals surface area (Å²) in [6.07, 6.45) is 4.24. The van der Waals surface area contributed by atoms with E-state index in [1.54, 1.807) is 24.3 Å². The minimum Gasteiger partial charge on any atom is -0.360 e. The van der Waals surface area contributed by atoms with E-state index < -0.39 is 0 Å². The molecule has 0 aliphatic carbocycles. The van der Waals surface area contributed by atoms with Crippen molar-refractivity contribution in [1.29, 1.82) is 0 Å². The number of unbranched alkanes of at least 4 members (excludes halogenated alkanes) is 1. The summed E-state index contributed by atoms with van der Waals surface area (Å²) in [5.41, 5.74) is 0.671. The summed E-state index contributed by atoms with van der Waals surface area (Å²) in [5, 5.41) is 3.35. The quantitative estimate of drug-likeness (QED) is 0.905. The van der Waals surface area contributed by atoms with Gasteiger partial charge in [-0.25, -0.2) is 4.79 Å². The Bertz CT molecular complexity index is 502. The van der Waals surface area contributed by atoms with E-state index in [9.17, 15) is 4.79 Å². The molecule has 5 heteroatoms. The number of amidine groups is 1. The maximum absolute atomic E-state index is 11.9. The smallest absolute Gasteiger partial charge is 0.347 e. The maximum Gasteiger partial charge on any atom is 0.347 e. The van der Waals surface area contributed by atoms with Gasteiger partial charge in [0.1, 0.15) is 5.84 Å². The Morgan fingerprint density at radius 2 is 2.35 bits per heavy atom. The normalized spacial score (nSPS) is 16.7. The largest absolute Gasteiger partial charge is 0.360 e. The Balaban J connectivity index is 1.97. The highest BCUT2D eigenvalue weighted by Gasteiger charge is 2.18. The van der Waals surface area contributed by atoms with E-state index in [0.29, 0.717) is 10.7 Å². The van der Waals surface area contributed by atoms with Crippen molar-refractivity contribution >= 4 is 29.2 Å². The summed E-state index contributed by atoms with van der Waals surface area (Å²) < 4.78 is 0. The highest BCUT2D eigenvalue weighted by Crippen LogP contribution is 2.16. The molecule has 108 valence electrons. The molecule has 1 aromatic carbocycles. The van der Waals surface area contributed by atoms with Crippen molar-refractivity contribution in [2.24, 2.45) is 4.99 Å². The van der Waals surface area contributed by atoms with Gasteiger partial charge in [-0.1, -0.05) is 31.0 Å². The van der Waals surface area contributed by atoms with E-state index in [2.05, 4.69) is 22.1 Å². The highest BCUT2D eigenvalue weighted by atomic mass is 35.5. The van der Waals surface area contributed by atoms with Gasteiger partial charge in [0.05, 0.1) is 0 Å². The van der Waals surface area contributed by atoms with Crippen molar-refractivity contribution in [3.63, 3.8) is 0 Å². The van der Waals surface area contributed by atoms with Crippen molar-refractivity contribution < 1.29 is 4.79 Å². The first-order valence-electron chi connectivity index (χ1n) is 7.08. The van der Waals surface area contributed by atoms with Gasteiger partial charge in [-0.2, -0.15) is 4.99 Å². The van der Waals surface area contributed by atoms with Crippen molar-refractivity contribution in [2.45, 2.75) is 32.6 Å². The van der Waals surface area contributed by atoms with E-state index in [0.717, 1.165) is 44.6 Å². The molecule has 0 saturated carbocycles. The molecule has 1 aliphatic rings. The summed E-state index contributed by atoms with van der Waals surface area (Å²) in [6.45, 7) is 4.15. The number of carbonyl (C=O) groups is 1. The van der Waals surface area contributed by atoms with E-state index >= 15 is 0 Å². The summed E-state index contributed by atoms with van der Waals surface area (Å²) >= 11 is 5.88. The molecule has 1 saturated heterocycles. The number of amides is 2. The number of anilines is 1. The third-order valence-electron chi connectivity index (χ3n) is 3.28. The summed E-state index contributed by atoms with van der Waals surface area (Å²) in [7, 11) is 0. The average Bonchev–Trinajstić information content (AvgIpc) is 2.83. The number of likely N-dealkylation sites (tertiary alicyclic amines) is 1. The van der Waals surface area contributed by atoms with Crippen LogP contribution in [0.5, 0.6) is 0 Å². The molecule has 20 heavy (non-hydrogen) atoms. The molecule has 2 amide bonds. The highest BCUT2D eigenvalue weighted by molar-refractivity contribution is 6.30. The summed E-state index contributed by atoms with van der Waals surface area (Å²) in [4.78, 5) is 18.3. The van der Waals surface area contributed by atoms with Crippen LogP contribution < -0.4 is 5.32 Å². The second kappa shape index (κ2) is 7.29. The molecule has 0 bridgehead atoms. The van der Waals surface area contributed by atoms with Crippen molar-refractivity contribution in [3.8, 4) is 0 Å².